The van der Waals surface area contributed by atoms with Gasteiger partial charge in [-0.2, -0.15) is 0 Å². The van der Waals surface area contributed by atoms with Crippen molar-refractivity contribution in [2.45, 2.75) is 19.3 Å². The number of halogens is 2. The van der Waals surface area contributed by atoms with E-state index < -0.39 is 11.9 Å². The summed E-state index contributed by atoms with van der Waals surface area (Å²) in [4.78, 5) is 11.6. The van der Waals surface area contributed by atoms with Gasteiger partial charge in [-0.15, -0.1) is 0 Å². The molecule has 4 heteroatoms. The molecule has 0 spiro atoms. The third kappa shape index (κ3) is 3.33. The Morgan fingerprint density at radius 1 is 1.20 bits per heavy atom. The van der Waals surface area contributed by atoms with E-state index in [0.29, 0.717) is 22.0 Å². The number of carboxylic acid groups (broad SMARTS) is 1. The molecule has 0 saturated carbocycles. The van der Waals surface area contributed by atoms with Gasteiger partial charge in [0.2, 0.25) is 0 Å². The van der Waals surface area contributed by atoms with Crippen LogP contribution in [-0.2, 0) is 11.2 Å². The van der Waals surface area contributed by atoms with Crippen molar-refractivity contribution >= 4 is 29.2 Å². The number of benzene rings is 2. The van der Waals surface area contributed by atoms with Crippen LogP contribution in [0.3, 0.4) is 0 Å². The zero-order valence-corrected chi connectivity index (χ0v) is 12.4. The van der Waals surface area contributed by atoms with Crippen molar-refractivity contribution in [3.8, 4) is 0 Å². The van der Waals surface area contributed by atoms with E-state index in [1.165, 1.54) is 0 Å². The molecule has 0 aromatic heterocycles. The molecule has 2 aromatic rings. The first-order chi connectivity index (χ1) is 9.49. The summed E-state index contributed by atoms with van der Waals surface area (Å²) in [5.41, 5.74) is 2.61. The van der Waals surface area contributed by atoms with Crippen molar-refractivity contribution in [2.24, 2.45) is 0 Å². The highest BCUT2D eigenvalue weighted by Gasteiger charge is 2.23. The lowest BCUT2D eigenvalue weighted by molar-refractivity contribution is -0.138. The Kier molecular flexibility index (Phi) is 4.69. The fourth-order valence-electron chi connectivity index (χ4n) is 2.17. The summed E-state index contributed by atoms with van der Waals surface area (Å²) in [6.07, 6.45) is 0.391. The lowest BCUT2D eigenvalue weighted by Crippen LogP contribution is -2.15. The summed E-state index contributed by atoms with van der Waals surface area (Å²) in [6, 6.07) is 12.6. The molecule has 0 aliphatic rings. The number of aryl methyl sites for hydroxylation is 1. The number of carboxylic acids is 1. The Balaban J connectivity index is 2.40. The zero-order valence-electron chi connectivity index (χ0n) is 10.9. The second-order valence-corrected chi connectivity index (χ2v) is 5.53. The van der Waals surface area contributed by atoms with E-state index in [9.17, 15) is 9.90 Å². The second kappa shape index (κ2) is 6.29. The van der Waals surface area contributed by atoms with Crippen LogP contribution in [0.25, 0.3) is 0 Å². The minimum Gasteiger partial charge on any atom is -0.481 e. The standard InChI is InChI=1S/C16H14Cl2O2/c1-10-4-2-3-5-11(10)8-14(16(19)20)13-9-12(17)6-7-15(13)18/h2-7,9,14H,8H2,1H3,(H,19,20). The fourth-order valence-corrected chi connectivity index (χ4v) is 2.60. The molecule has 0 aliphatic carbocycles. The molecule has 104 valence electrons. The third-order valence-electron chi connectivity index (χ3n) is 3.32. The van der Waals surface area contributed by atoms with Gasteiger partial charge in [0.05, 0.1) is 5.92 Å². The SMILES string of the molecule is Cc1ccccc1CC(C(=O)O)c1cc(Cl)ccc1Cl. The Labute approximate surface area is 128 Å². The van der Waals surface area contributed by atoms with E-state index in [4.69, 9.17) is 23.2 Å². The van der Waals surface area contributed by atoms with Gasteiger partial charge in [0.25, 0.3) is 0 Å². The minimum absolute atomic E-state index is 0.391. The minimum atomic E-state index is -0.905. The van der Waals surface area contributed by atoms with E-state index in [2.05, 4.69) is 0 Å². The van der Waals surface area contributed by atoms with Gasteiger partial charge in [0.1, 0.15) is 0 Å². The van der Waals surface area contributed by atoms with Crippen LogP contribution in [0.2, 0.25) is 10.0 Å². The van der Waals surface area contributed by atoms with Crippen molar-refractivity contribution in [3.63, 3.8) is 0 Å². The molecular weight excluding hydrogens is 295 g/mol. The molecule has 1 unspecified atom stereocenters. The summed E-state index contributed by atoms with van der Waals surface area (Å²) in [5.74, 6) is -1.61. The molecule has 0 aliphatic heterocycles. The Hall–Kier alpha value is -1.51. The monoisotopic (exact) mass is 308 g/mol. The predicted octanol–water partition coefficient (Wildman–Crippen LogP) is 4.71. The van der Waals surface area contributed by atoms with Crippen LogP contribution in [0.1, 0.15) is 22.6 Å². The van der Waals surface area contributed by atoms with Crippen molar-refractivity contribution < 1.29 is 9.90 Å². The highest BCUT2D eigenvalue weighted by atomic mass is 35.5. The van der Waals surface area contributed by atoms with Crippen LogP contribution < -0.4 is 0 Å². The lowest BCUT2D eigenvalue weighted by Gasteiger charge is -2.16. The van der Waals surface area contributed by atoms with Gasteiger partial charge < -0.3 is 5.11 Å². The molecule has 0 heterocycles. The summed E-state index contributed by atoms with van der Waals surface area (Å²) in [5, 5.41) is 10.4. The second-order valence-electron chi connectivity index (χ2n) is 4.69. The van der Waals surface area contributed by atoms with Gasteiger partial charge >= 0.3 is 5.97 Å². The molecule has 20 heavy (non-hydrogen) atoms. The van der Waals surface area contributed by atoms with E-state index >= 15 is 0 Å². The number of rotatable bonds is 4. The predicted molar refractivity (Wildman–Crippen MR) is 81.7 cm³/mol. The van der Waals surface area contributed by atoms with Gasteiger partial charge in [-0.05, 0) is 48.2 Å². The summed E-state index contributed by atoms with van der Waals surface area (Å²) >= 11 is 12.1. The molecule has 0 bridgehead atoms. The molecule has 2 nitrogen and oxygen atoms in total. The van der Waals surface area contributed by atoms with E-state index in [1.807, 2.05) is 31.2 Å². The smallest absolute Gasteiger partial charge is 0.311 e. The first-order valence-corrected chi connectivity index (χ1v) is 6.97. The van der Waals surface area contributed by atoms with Gasteiger partial charge in [-0.1, -0.05) is 47.5 Å². The van der Waals surface area contributed by atoms with E-state index in [0.717, 1.165) is 11.1 Å². The first kappa shape index (κ1) is 14.9. The zero-order chi connectivity index (χ0) is 14.7. The molecule has 2 rings (SSSR count). The first-order valence-electron chi connectivity index (χ1n) is 6.21. The summed E-state index contributed by atoms with van der Waals surface area (Å²) in [7, 11) is 0. The van der Waals surface area contributed by atoms with Crippen LogP contribution in [-0.4, -0.2) is 11.1 Å². The highest BCUT2D eigenvalue weighted by molar-refractivity contribution is 6.33. The van der Waals surface area contributed by atoms with Gasteiger partial charge in [0, 0.05) is 10.0 Å². The van der Waals surface area contributed by atoms with Crippen LogP contribution in [0.15, 0.2) is 42.5 Å². The van der Waals surface area contributed by atoms with Crippen molar-refractivity contribution in [3.05, 3.63) is 69.2 Å². The van der Waals surface area contributed by atoms with Crippen LogP contribution in [0.5, 0.6) is 0 Å². The molecule has 0 fully saturated rings. The third-order valence-corrected chi connectivity index (χ3v) is 3.90. The van der Waals surface area contributed by atoms with Gasteiger partial charge in [-0.25, -0.2) is 0 Å². The molecule has 1 atom stereocenters. The molecule has 0 radical (unpaired) electrons. The topological polar surface area (TPSA) is 37.3 Å². The van der Waals surface area contributed by atoms with Crippen molar-refractivity contribution in [2.75, 3.05) is 0 Å². The van der Waals surface area contributed by atoms with E-state index in [1.54, 1.807) is 18.2 Å². The average Bonchev–Trinajstić information content (AvgIpc) is 2.40. The Bertz CT molecular complexity index is 638. The van der Waals surface area contributed by atoms with Crippen LogP contribution in [0, 0.1) is 6.92 Å². The fraction of sp³-hybridized carbons (Fsp3) is 0.188. The summed E-state index contributed by atoms with van der Waals surface area (Å²) < 4.78 is 0. The van der Waals surface area contributed by atoms with Gasteiger partial charge in [-0.3, -0.25) is 4.79 Å². The Morgan fingerprint density at radius 2 is 1.90 bits per heavy atom. The number of hydrogen-bond acceptors (Lipinski definition) is 1. The normalized spacial score (nSPS) is 12.2. The van der Waals surface area contributed by atoms with Crippen LogP contribution in [0.4, 0.5) is 0 Å². The maximum absolute atomic E-state index is 11.6. The number of aliphatic carboxylic acids is 1. The Morgan fingerprint density at radius 3 is 2.55 bits per heavy atom. The number of carbonyl (C=O) groups is 1. The largest absolute Gasteiger partial charge is 0.481 e. The van der Waals surface area contributed by atoms with E-state index in [-0.39, 0.29) is 0 Å². The quantitative estimate of drug-likeness (QED) is 0.888. The molecule has 1 N–H and O–H groups in total. The maximum atomic E-state index is 11.6. The van der Waals surface area contributed by atoms with Crippen molar-refractivity contribution in [1.29, 1.82) is 0 Å². The lowest BCUT2D eigenvalue weighted by atomic mass is 9.90. The average molecular weight is 309 g/mol. The summed E-state index contributed by atoms with van der Waals surface area (Å²) in [6.45, 7) is 1.97. The van der Waals surface area contributed by atoms with Crippen LogP contribution >= 0.6 is 23.2 Å². The maximum Gasteiger partial charge on any atom is 0.311 e. The number of hydrogen-bond donors (Lipinski definition) is 1. The molecule has 0 saturated heterocycles. The van der Waals surface area contributed by atoms with Gasteiger partial charge in [0.15, 0.2) is 0 Å². The molecular formula is C16H14Cl2O2. The highest BCUT2D eigenvalue weighted by Crippen LogP contribution is 2.31. The molecule has 0 amide bonds. The molecule has 2 aromatic carbocycles. The van der Waals surface area contributed by atoms with Crippen molar-refractivity contribution in [1.82, 2.24) is 0 Å².